The molecule has 7 nitrogen and oxygen atoms in total. The van der Waals surface area contributed by atoms with Crippen molar-refractivity contribution in [2.45, 2.75) is 57.4 Å². The van der Waals surface area contributed by atoms with Gasteiger partial charge in [-0.3, -0.25) is 14.4 Å². The molecule has 0 bridgehead atoms. The number of rotatable bonds is 12. The first-order valence-electron chi connectivity index (χ1n) is 6.90. The van der Waals surface area contributed by atoms with Crippen LogP contribution in [0.2, 0.25) is 0 Å². The number of nitrogens with one attached hydrogen (secondary N) is 1. The summed E-state index contributed by atoms with van der Waals surface area (Å²) >= 11 is 0. The lowest BCUT2D eigenvalue weighted by molar-refractivity contribution is -0.139. The van der Waals surface area contributed by atoms with E-state index in [0.29, 0.717) is 45.1 Å². The Labute approximate surface area is 118 Å². The van der Waals surface area contributed by atoms with Crippen molar-refractivity contribution in [3.05, 3.63) is 0 Å². The maximum Gasteiger partial charge on any atom is 0.320 e. The predicted octanol–water partition coefficient (Wildman–Crippen LogP) is 0.720. The van der Waals surface area contributed by atoms with E-state index in [2.05, 4.69) is 5.32 Å². The SMILES string of the molecule is N[C@@H](CCCCNC(=O)CCCCCC(=O)O)C(=O)O. The third-order valence-electron chi connectivity index (χ3n) is 2.88. The number of aliphatic carboxylic acids is 2. The molecule has 0 aliphatic carbocycles. The highest BCUT2D eigenvalue weighted by Gasteiger charge is 2.10. The Kier molecular flexibility index (Phi) is 10.3. The van der Waals surface area contributed by atoms with Gasteiger partial charge in [0.1, 0.15) is 6.04 Å². The zero-order valence-corrected chi connectivity index (χ0v) is 11.6. The van der Waals surface area contributed by atoms with Crippen LogP contribution in [0.15, 0.2) is 0 Å². The van der Waals surface area contributed by atoms with Gasteiger partial charge in [-0.15, -0.1) is 0 Å². The largest absolute Gasteiger partial charge is 0.481 e. The Morgan fingerprint density at radius 3 is 2.20 bits per heavy atom. The molecule has 0 aromatic rings. The van der Waals surface area contributed by atoms with Gasteiger partial charge in [-0.2, -0.15) is 0 Å². The minimum atomic E-state index is -1.00. The Balaban J connectivity index is 3.37. The smallest absolute Gasteiger partial charge is 0.320 e. The van der Waals surface area contributed by atoms with Crippen molar-refractivity contribution in [3.8, 4) is 0 Å². The minimum Gasteiger partial charge on any atom is -0.481 e. The number of carboxylic acids is 2. The number of carbonyl (C=O) groups is 3. The van der Waals surface area contributed by atoms with Crippen molar-refractivity contribution in [3.63, 3.8) is 0 Å². The molecule has 0 aromatic heterocycles. The van der Waals surface area contributed by atoms with Crippen molar-refractivity contribution >= 4 is 17.8 Å². The molecular weight excluding hydrogens is 264 g/mol. The molecule has 0 radical (unpaired) electrons. The molecule has 0 fully saturated rings. The highest BCUT2D eigenvalue weighted by atomic mass is 16.4. The second-order valence-corrected chi connectivity index (χ2v) is 4.74. The maximum absolute atomic E-state index is 11.4. The zero-order valence-electron chi connectivity index (χ0n) is 11.6. The molecule has 5 N–H and O–H groups in total. The third kappa shape index (κ3) is 11.5. The number of hydrogen-bond acceptors (Lipinski definition) is 4. The molecule has 1 atom stereocenters. The molecule has 0 spiro atoms. The van der Waals surface area contributed by atoms with Crippen LogP contribution in [0.4, 0.5) is 0 Å². The van der Waals surface area contributed by atoms with Crippen LogP contribution >= 0.6 is 0 Å². The summed E-state index contributed by atoms with van der Waals surface area (Å²) in [6.45, 7) is 0.514. The van der Waals surface area contributed by atoms with E-state index >= 15 is 0 Å². The molecule has 0 unspecified atom stereocenters. The molecule has 0 aliphatic rings. The lowest BCUT2D eigenvalue weighted by Gasteiger charge is -2.07. The topological polar surface area (TPSA) is 130 Å². The Morgan fingerprint density at radius 1 is 0.950 bits per heavy atom. The fraction of sp³-hybridized carbons (Fsp3) is 0.769. The summed E-state index contributed by atoms with van der Waals surface area (Å²) in [4.78, 5) is 32.1. The lowest BCUT2D eigenvalue weighted by atomic mass is 10.1. The normalized spacial score (nSPS) is 11.8. The molecular formula is C13H24N2O5. The van der Waals surface area contributed by atoms with Gasteiger partial charge in [0.2, 0.25) is 5.91 Å². The van der Waals surface area contributed by atoms with Gasteiger partial charge in [0.25, 0.3) is 0 Å². The van der Waals surface area contributed by atoms with Gasteiger partial charge in [0, 0.05) is 19.4 Å². The van der Waals surface area contributed by atoms with Gasteiger partial charge < -0.3 is 21.3 Å². The van der Waals surface area contributed by atoms with Gasteiger partial charge in [-0.1, -0.05) is 6.42 Å². The number of carboxylic acid groups (broad SMARTS) is 2. The molecule has 0 saturated heterocycles. The highest BCUT2D eigenvalue weighted by Crippen LogP contribution is 2.03. The predicted molar refractivity (Wildman–Crippen MR) is 73.2 cm³/mol. The van der Waals surface area contributed by atoms with Gasteiger partial charge in [0.05, 0.1) is 0 Å². The van der Waals surface area contributed by atoms with Crippen LogP contribution in [0, 0.1) is 0 Å². The standard InChI is InChI=1S/C13H24N2O5/c14-10(13(19)20)6-4-5-9-15-11(16)7-2-1-3-8-12(17)18/h10H,1-9,14H2,(H,15,16)(H,17,18)(H,19,20)/t10-/m0/s1. The molecule has 1 amide bonds. The van der Waals surface area contributed by atoms with E-state index in [1.807, 2.05) is 0 Å². The summed E-state index contributed by atoms with van der Waals surface area (Å²) in [6, 6.07) is -0.833. The zero-order chi connectivity index (χ0) is 15.4. The van der Waals surface area contributed by atoms with Crippen molar-refractivity contribution in [2.24, 2.45) is 5.73 Å². The number of nitrogens with two attached hydrogens (primary N) is 1. The summed E-state index contributed by atoms with van der Waals surface area (Å²) in [6.07, 6.45) is 4.31. The quantitative estimate of drug-likeness (QED) is 0.391. The molecule has 116 valence electrons. The average molecular weight is 288 g/mol. The van der Waals surface area contributed by atoms with E-state index < -0.39 is 18.0 Å². The average Bonchev–Trinajstić information content (AvgIpc) is 2.37. The first-order chi connectivity index (χ1) is 9.43. The first kappa shape index (κ1) is 18.4. The van der Waals surface area contributed by atoms with E-state index in [-0.39, 0.29) is 12.3 Å². The molecule has 20 heavy (non-hydrogen) atoms. The van der Waals surface area contributed by atoms with E-state index in [9.17, 15) is 14.4 Å². The van der Waals surface area contributed by atoms with Gasteiger partial charge in [0.15, 0.2) is 0 Å². The highest BCUT2D eigenvalue weighted by molar-refractivity contribution is 5.75. The lowest BCUT2D eigenvalue weighted by Crippen LogP contribution is -2.30. The van der Waals surface area contributed by atoms with Crippen LogP contribution in [0.1, 0.15) is 51.4 Å². The van der Waals surface area contributed by atoms with E-state index in [4.69, 9.17) is 15.9 Å². The number of hydrogen-bond donors (Lipinski definition) is 4. The maximum atomic E-state index is 11.4. The number of amides is 1. The third-order valence-corrected chi connectivity index (χ3v) is 2.88. The number of carbonyl (C=O) groups excluding carboxylic acids is 1. The molecule has 0 aromatic carbocycles. The van der Waals surface area contributed by atoms with E-state index in [1.54, 1.807) is 0 Å². The Bertz CT molecular complexity index is 320. The molecule has 0 heterocycles. The summed E-state index contributed by atoms with van der Waals surface area (Å²) in [7, 11) is 0. The monoisotopic (exact) mass is 288 g/mol. The van der Waals surface area contributed by atoms with Crippen molar-refractivity contribution in [1.29, 1.82) is 0 Å². The Hall–Kier alpha value is -1.63. The van der Waals surface area contributed by atoms with E-state index in [0.717, 1.165) is 6.42 Å². The van der Waals surface area contributed by atoms with Crippen molar-refractivity contribution in [1.82, 2.24) is 5.32 Å². The van der Waals surface area contributed by atoms with Crippen molar-refractivity contribution in [2.75, 3.05) is 6.54 Å². The second kappa shape index (κ2) is 11.2. The molecule has 0 saturated carbocycles. The fourth-order valence-corrected chi connectivity index (χ4v) is 1.67. The van der Waals surface area contributed by atoms with E-state index in [1.165, 1.54) is 0 Å². The van der Waals surface area contributed by atoms with Crippen LogP contribution in [0.5, 0.6) is 0 Å². The van der Waals surface area contributed by atoms with Gasteiger partial charge in [-0.05, 0) is 32.1 Å². The summed E-state index contributed by atoms with van der Waals surface area (Å²) in [5.41, 5.74) is 5.35. The van der Waals surface area contributed by atoms with Crippen LogP contribution in [0.25, 0.3) is 0 Å². The van der Waals surface area contributed by atoms with Gasteiger partial charge >= 0.3 is 11.9 Å². The summed E-state index contributed by atoms with van der Waals surface area (Å²) < 4.78 is 0. The van der Waals surface area contributed by atoms with Crippen LogP contribution in [-0.2, 0) is 14.4 Å². The Morgan fingerprint density at radius 2 is 1.60 bits per heavy atom. The van der Waals surface area contributed by atoms with Crippen LogP contribution in [-0.4, -0.2) is 40.6 Å². The fourth-order valence-electron chi connectivity index (χ4n) is 1.67. The summed E-state index contributed by atoms with van der Waals surface area (Å²) in [5.74, 6) is -1.87. The molecule has 7 heteroatoms. The summed E-state index contributed by atoms with van der Waals surface area (Å²) in [5, 5.41) is 19.7. The first-order valence-corrected chi connectivity index (χ1v) is 6.90. The molecule has 0 aliphatic heterocycles. The molecule has 0 rings (SSSR count). The van der Waals surface area contributed by atoms with Crippen LogP contribution < -0.4 is 11.1 Å². The van der Waals surface area contributed by atoms with Crippen LogP contribution in [0.3, 0.4) is 0 Å². The van der Waals surface area contributed by atoms with Crippen molar-refractivity contribution < 1.29 is 24.6 Å². The minimum absolute atomic E-state index is 0.0529. The second-order valence-electron chi connectivity index (χ2n) is 4.74. The number of unbranched alkanes of at least 4 members (excludes halogenated alkanes) is 3. The van der Waals surface area contributed by atoms with Gasteiger partial charge in [-0.25, -0.2) is 0 Å².